The molecule has 2 rings (SSSR count). The topological polar surface area (TPSA) is 87.7 Å². The van der Waals surface area contributed by atoms with Crippen molar-refractivity contribution in [2.24, 2.45) is 0 Å². The molecule has 0 spiro atoms. The van der Waals surface area contributed by atoms with Gasteiger partial charge in [0, 0.05) is 0 Å². The van der Waals surface area contributed by atoms with E-state index in [4.69, 9.17) is 4.42 Å². The largest absolute Gasteiger partial charge is 0.507 e. The van der Waals surface area contributed by atoms with Crippen LogP contribution in [0.2, 0.25) is 0 Å². The number of hydrogen-bond donors (Lipinski definition) is 2. The van der Waals surface area contributed by atoms with Crippen molar-refractivity contribution in [2.75, 3.05) is 0 Å². The van der Waals surface area contributed by atoms with Gasteiger partial charge < -0.3 is 14.6 Å². The summed E-state index contributed by atoms with van der Waals surface area (Å²) in [7, 11) is 0. The molecule has 2 N–H and O–H groups in total. The fraction of sp³-hybridized carbons (Fsp3) is 0.0909. The molecule has 0 aliphatic heterocycles. The van der Waals surface area contributed by atoms with Crippen molar-refractivity contribution in [1.29, 1.82) is 0 Å². The van der Waals surface area contributed by atoms with Crippen molar-refractivity contribution in [2.45, 2.75) is 6.92 Å². The predicted molar refractivity (Wildman–Crippen MR) is 55.9 cm³/mol. The van der Waals surface area contributed by atoms with Gasteiger partial charge >= 0.3 is 5.63 Å². The van der Waals surface area contributed by atoms with E-state index in [-0.39, 0.29) is 23.0 Å². The zero-order valence-corrected chi connectivity index (χ0v) is 8.35. The number of aromatic hydroxyl groups is 2. The smallest absolute Gasteiger partial charge is 0.347 e. The van der Waals surface area contributed by atoms with E-state index in [2.05, 4.69) is 0 Å². The van der Waals surface area contributed by atoms with Crippen LogP contribution >= 0.6 is 0 Å². The molecule has 5 nitrogen and oxygen atoms in total. The number of carbonyl (C=O) groups excluding carboxylic acids is 1. The van der Waals surface area contributed by atoms with Gasteiger partial charge in [0.15, 0.2) is 6.29 Å². The van der Waals surface area contributed by atoms with Crippen molar-refractivity contribution >= 4 is 17.1 Å². The first-order valence-corrected chi connectivity index (χ1v) is 4.49. The van der Waals surface area contributed by atoms with E-state index in [1.165, 1.54) is 12.1 Å². The van der Waals surface area contributed by atoms with Gasteiger partial charge in [0.25, 0.3) is 0 Å². The molecule has 0 unspecified atom stereocenters. The van der Waals surface area contributed by atoms with Gasteiger partial charge in [-0.05, 0) is 24.4 Å². The van der Waals surface area contributed by atoms with Crippen molar-refractivity contribution < 1.29 is 19.4 Å². The van der Waals surface area contributed by atoms with Crippen molar-refractivity contribution in [3.05, 3.63) is 33.9 Å². The van der Waals surface area contributed by atoms with Gasteiger partial charge in [-0.15, -0.1) is 0 Å². The van der Waals surface area contributed by atoms with Crippen LogP contribution in [0.15, 0.2) is 21.3 Å². The average Bonchev–Trinajstić information content (AvgIpc) is 2.15. The highest BCUT2D eigenvalue weighted by atomic mass is 16.4. The maximum atomic E-state index is 11.5. The number of rotatable bonds is 1. The molecular formula is C11H8O5. The maximum Gasteiger partial charge on any atom is 0.347 e. The highest BCUT2D eigenvalue weighted by molar-refractivity contribution is 5.98. The third kappa shape index (κ3) is 1.33. The van der Waals surface area contributed by atoms with Crippen molar-refractivity contribution in [3.63, 3.8) is 0 Å². The first kappa shape index (κ1) is 10.2. The second-order valence-electron chi connectivity index (χ2n) is 3.38. The predicted octanol–water partition coefficient (Wildman–Crippen LogP) is 1.33. The Morgan fingerprint density at radius 1 is 1.31 bits per heavy atom. The van der Waals surface area contributed by atoms with Gasteiger partial charge in [0.1, 0.15) is 22.6 Å². The van der Waals surface area contributed by atoms with Crippen LogP contribution in [-0.2, 0) is 0 Å². The number of phenols is 2. The molecule has 0 aliphatic rings. The highest BCUT2D eigenvalue weighted by Crippen LogP contribution is 2.32. The van der Waals surface area contributed by atoms with Gasteiger partial charge in [-0.25, -0.2) is 4.79 Å². The monoisotopic (exact) mass is 220 g/mol. The average molecular weight is 220 g/mol. The summed E-state index contributed by atoms with van der Waals surface area (Å²) in [5, 5.41) is 19.3. The molecule has 0 saturated heterocycles. The normalized spacial score (nSPS) is 10.6. The molecule has 0 aliphatic carbocycles. The third-order valence-corrected chi connectivity index (χ3v) is 2.28. The fourth-order valence-electron chi connectivity index (χ4n) is 1.58. The Bertz CT molecular complexity index is 639. The molecule has 2 aromatic rings. The Labute approximate surface area is 89.6 Å². The molecule has 1 aromatic carbocycles. The highest BCUT2D eigenvalue weighted by Gasteiger charge is 2.15. The summed E-state index contributed by atoms with van der Waals surface area (Å²) in [5.74, 6) is -0.570. The van der Waals surface area contributed by atoms with E-state index < -0.39 is 11.4 Å². The lowest BCUT2D eigenvalue weighted by Gasteiger charge is -2.05. The van der Waals surface area contributed by atoms with Crippen LogP contribution in [0.3, 0.4) is 0 Å². The molecule has 5 heteroatoms. The number of fused-ring (bicyclic) bond motifs is 1. The molecule has 0 radical (unpaired) electrons. The molecule has 0 atom stereocenters. The number of hydrogen-bond acceptors (Lipinski definition) is 5. The van der Waals surface area contributed by atoms with Crippen LogP contribution in [0.25, 0.3) is 10.8 Å². The Kier molecular flexibility index (Phi) is 2.16. The summed E-state index contributed by atoms with van der Waals surface area (Å²) in [6.07, 6.45) is 0.281. The van der Waals surface area contributed by atoms with E-state index in [0.29, 0.717) is 11.1 Å². The van der Waals surface area contributed by atoms with Crippen LogP contribution < -0.4 is 5.63 Å². The molecule has 0 fully saturated rings. The van der Waals surface area contributed by atoms with E-state index in [1.807, 2.05) is 0 Å². The summed E-state index contributed by atoms with van der Waals surface area (Å²) >= 11 is 0. The second kappa shape index (κ2) is 3.37. The molecule has 1 aromatic heterocycles. The summed E-state index contributed by atoms with van der Waals surface area (Å²) in [5.41, 5.74) is -1.06. The van der Waals surface area contributed by atoms with Gasteiger partial charge in [-0.1, -0.05) is 0 Å². The van der Waals surface area contributed by atoms with E-state index in [9.17, 15) is 19.8 Å². The molecule has 16 heavy (non-hydrogen) atoms. The SMILES string of the molecule is Cc1cc2cc(O)c(C=O)c(O)c2c(=O)o1. The zero-order chi connectivity index (χ0) is 11.9. The van der Waals surface area contributed by atoms with E-state index >= 15 is 0 Å². The maximum absolute atomic E-state index is 11.5. The van der Waals surface area contributed by atoms with Crippen molar-refractivity contribution in [3.8, 4) is 11.5 Å². The molecule has 1 heterocycles. The first-order valence-electron chi connectivity index (χ1n) is 4.49. The minimum Gasteiger partial charge on any atom is -0.507 e. The Morgan fingerprint density at radius 3 is 2.62 bits per heavy atom. The lowest BCUT2D eigenvalue weighted by atomic mass is 10.1. The van der Waals surface area contributed by atoms with E-state index in [0.717, 1.165) is 0 Å². The second-order valence-corrected chi connectivity index (χ2v) is 3.38. The first-order chi connectivity index (χ1) is 7.54. The summed E-state index contributed by atoms with van der Waals surface area (Å²) in [4.78, 5) is 22.1. The van der Waals surface area contributed by atoms with Gasteiger partial charge in [0.2, 0.25) is 0 Å². The Hall–Kier alpha value is -2.30. The minimum atomic E-state index is -0.740. The lowest BCUT2D eigenvalue weighted by molar-refractivity contribution is 0.111. The van der Waals surface area contributed by atoms with Crippen molar-refractivity contribution in [1.82, 2.24) is 0 Å². The summed E-state index contributed by atoms with van der Waals surface area (Å²) in [6, 6.07) is 2.73. The summed E-state index contributed by atoms with van der Waals surface area (Å²) < 4.78 is 4.80. The molecule has 82 valence electrons. The van der Waals surface area contributed by atoms with Crippen LogP contribution in [-0.4, -0.2) is 16.5 Å². The lowest BCUT2D eigenvalue weighted by Crippen LogP contribution is -2.02. The summed E-state index contributed by atoms with van der Waals surface area (Å²) in [6.45, 7) is 1.57. The Balaban J connectivity index is 3.05. The molecule has 0 saturated carbocycles. The van der Waals surface area contributed by atoms with Gasteiger partial charge in [-0.3, -0.25) is 4.79 Å². The van der Waals surface area contributed by atoms with Crippen LogP contribution in [0.1, 0.15) is 16.1 Å². The number of phenolic OH excluding ortho intramolecular Hbond substituents is 2. The molecule has 0 amide bonds. The zero-order valence-electron chi connectivity index (χ0n) is 8.35. The molecule has 0 bridgehead atoms. The standard InChI is InChI=1S/C11H8O5/c1-5-2-6-3-8(13)7(4-12)10(14)9(6)11(15)16-5/h2-4,13-14H,1H3. The van der Waals surface area contributed by atoms with Crippen LogP contribution in [0.4, 0.5) is 0 Å². The number of benzene rings is 1. The number of aryl methyl sites for hydroxylation is 1. The third-order valence-electron chi connectivity index (χ3n) is 2.28. The molecular weight excluding hydrogens is 212 g/mol. The quantitative estimate of drug-likeness (QED) is 0.707. The number of carbonyl (C=O) groups is 1. The van der Waals surface area contributed by atoms with Crippen LogP contribution in [0.5, 0.6) is 11.5 Å². The van der Waals surface area contributed by atoms with Gasteiger partial charge in [-0.2, -0.15) is 0 Å². The number of aldehydes is 1. The fourth-order valence-corrected chi connectivity index (χ4v) is 1.58. The van der Waals surface area contributed by atoms with E-state index in [1.54, 1.807) is 6.92 Å². The Morgan fingerprint density at radius 2 is 2.00 bits per heavy atom. The minimum absolute atomic E-state index is 0.106. The van der Waals surface area contributed by atoms with Gasteiger partial charge in [0.05, 0.1) is 5.56 Å². The van der Waals surface area contributed by atoms with Crippen LogP contribution in [0, 0.1) is 6.92 Å².